The average molecular weight is 235 g/mol. The molecule has 1 atom stereocenters. The average Bonchev–Trinajstić information content (AvgIpc) is 2.83. The lowest BCUT2D eigenvalue weighted by Crippen LogP contribution is -2.18. The third-order valence-corrected chi connectivity index (χ3v) is 2.78. The maximum Gasteiger partial charge on any atom is 0.338 e. The molecule has 0 radical (unpaired) electrons. The molecular formula is C13H17NO3. The number of hydrogen-bond donors (Lipinski definition) is 1. The zero-order chi connectivity index (χ0) is 12.1. The van der Waals surface area contributed by atoms with E-state index in [-0.39, 0.29) is 12.1 Å². The van der Waals surface area contributed by atoms with Gasteiger partial charge in [-0.1, -0.05) is 12.1 Å². The minimum Gasteiger partial charge on any atom is -0.456 e. The second-order valence-electron chi connectivity index (χ2n) is 4.13. The Labute approximate surface area is 101 Å². The minimum atomic E-state index is -0.278. The van der Waals surface area contributed by atoms with Gasteiger partial charge >= 0.3 is 5.97 Å². The van der Waals surface area contributed by atoms with Crippen molar-refractivity contribution in [1.29, 1.82) is 0 Å². The van der Waals surface area contributed by atoms with Gasteiger partial charge in [0, 0.05) is 6.42 Å². The van der Waals surface area contributed by atoms with E-state index in [4.69, 9.17) is 15.2 Å². The summed E-state index contributed by atoms with van der Waals surface area (Å²) in [6.45, 7) is 1.80. The molecule has 0 spiro atoms. The summed E-state index contributed by atoms with van der Waals surface area (Å²) in [7, 11) is 0. The highest BCUT2D eigenvalue weighted by atomic mass is 16.6. The van der Waals surface area contributed by atoms with Crippen molar-refractivity contribution in [2.24, 2.45) is 5.73 Å². The molecule has 1 aliphatic heterocycles. The highest BCUT2D eigenvalue weighted by Crippen LogP contribution is 2.12. The molecule has 1 heterocycles. The fourth-order valence-electron chi connectivity index (χ4n) is 1.80. The van der Waals surface area contributed by atoms with Crippen LogP contribution in [0.2, 0.25) is 0 Å². The first-order valence-electron chi connectivity index (χ1n) is 5.87. The normalized spacial score (nSPS) is 19.2. The summed E-state index contributed by atoms with van der Waals surface area (Å²) < 4.78 is 10.5. The molecule has 2 rings (SSSR count). The van der Waals surface area contributed by atoms with Gasteiger partial charge in [-0.3, -0.25) is 0 Å². The molecule has 17 heavy (non-hydrogen) atoms. The Bertz CT molecular complexity index is 369. The van der Waals surface area contributed by atoms with E-state index in [0.717, 1.165) is 18.4 Å². The molecule has 0 bridgehead atoms. The maximum atomic E-state index is 11.8. The van der Waals surface area contributed by atoms with Gasteiger partial charge in [-0.15, -0.1) is 0 Å². The second kappa shape index (κ2) is 5.80. The van der Waals surface area contributed by atoms with Crippen molar-refractivity contribution < 1.29 is 14.3 Å². The van der Waals surface area contributed by atoms with Crippen LogP contribution in [0.4, 0.5) is 0 Å². The van der Waals surface area contributed by atoms with Gasteiger partial charge in [-0.05, 0) is 30.7 Å². The van der Waals surface area contributed by atoms with Crippen molar-refractivity contribution in [2.45, 2.75) is 18.9 Å². The predicted octanol–water partition coefficient (Wildman–Crippen LogP) is 1.13. The van der Waals surface area contributed by atoms with E-state index in [9.17, 15) is 4.79 Å². The van der Waals surface area contributed by atoms with Crippen LogP contribution in [-0.4, -0.2) is 31.8 Å². The Morgan fingerprint density at radius 2 is 2.18 bits per heavy atom. The van der Waals surface area contributed by atoms with Crippen molar-refractivity contribution in [2.75, 3.05) is 19.8 Å². The molecule has 1 saturated heterocycles. The fraction of sp³-hybridized carbons (Fsp3) is 0.462. The lowest BCUT2D eigenvalue weighted by Gasteiger charge is -2.10. The van der Waals surface area contributed by atoms with Crippen molar-refractivity contribution in [3.05, 3.63) is 35.4 Å². The molecule has 1 aromatic carbocycles. The Balaban J connectivity index is 1.93. The van der Waals surface area contributed by atoms with Crippen molar-refractivity contribution >= 4 is 5.97 Å². The van der Waals surface area contributed by atoms with E-state index < -0.39 is 0 Å². The van der Waals surface area contributed by atoms with Crippen LogP contribution in [0, 0.1) is 0 Å². The van der Waals surface area contributed by atoms with Gasteiger partial charge < -0.3 is 15.2 Å². The van der Waals surface area contributed by atoms with Crippen molar-refractivity contribution in [3.8, 4) is 0 Å². The summed E-state index contributed by atoms with van der Waals surface area (Å²) in [5.74, 6) is -0.278. The summed E-state index contributed by atoms with van der Waals surface area (Å²) in [6, 6.07) is 7.38. The molecule has 0 aliphatic carbocycles. The van der Waals surface area contributed by atoms with Gasteiger partial charge in [0.25, 0.3) is 0 Å². The van der Waals surface area contributed by atoms with Gasteiger partial charge in [0.1, 0.15) is 6.10 Å². The highest BCUT2D eigenvalue weighted by molar-refractivity contribution is 5.89. The predicted molar refractivity (Wildman–Crippen MR) is 63.8 cm³/mol. The van der Waals surface area contributed by atoms with E-state index in [1.54, 1.807) is 12.1 Å². The molecule has 0 aromatic heterocycles. The lowest BCUT2D eigenvalue weighted by atomic mass is 10.1. The Morgan fingerprint density at radius 3 is 2.76 bits per heavy atom. The van der Waals surface area contributed by atoms with Gasteiger partial charge in [0.2, 0.25) is 0 Å². The number of carbonyl (C=O) groups excluding carboxylic acids is 1. The minimum absolute atomic E-state index is 0.0915. The van der Waals surface area contributed by atoms with Crippen molar-refractivity contribution in [3.63, 3.8) is 0 Å². The summed E-state index contributed by atoms with van der Waals surface area (Å²) in [5, 5.41) is 0. The smallest absolute Gasteiger partial charge is 0.338 e. The topological polar surface area (TPSA) is 61.6 Å². The van der Waals surface area contributed by atoms with Crippen LogP contribution < -0.4 is 5.73 Å². The summed E-state index contributed by atoms with van der Waals surface area (Å²) >= 11 is 0. The van der Waals surface area contributed by atoms with Crippen LogP contribution in [0.15, 0.2) is 24.3 Å². The van der Waals surface area contributed by atoms with Gasteiger partial charge in [0.05, 0.1) is 18.8 Å². The lowest BCUT2D eigenvalue weighted by molar-refractivity contribution is 0.0270. The molecule has 4 heteroatoms. The number of esters is 1. The SMILES string of the molecule is NCCc1ccc(C(=O)OC2CCOC2)cc1. The Kier molecular flexibility index (Phi) is 4.12. The Hall–Kier alpha value is -1.39. The van der Waals surface area contributed by atoms with E-state index in [0.29, 0.717) is 25.3 Å². The van der Waals surface area contributed by atoms with Gasteiger partial charge in [-0.2, -0.15) is 0 Å². The van der Waals surface area contributed by atoms with Gasteiger partial charge in [-0.25, -0.2) is 4.79 Å². The van der Waals surface area contributed by atoms with Crippen LogP contribution in [0.3, 0.4) is 0 Å². The molecule has 92 valence electrons. The maximum absolute atomic E-state index is 11.8. The van der Waals surface area contributed by atoms with Crippen LogP contribution in [0.25, 0.3) is 0 Å². The van der Waals surface area contributed by atoms with Crippen molar-refractivity contribution in [1.82, 2.24) is 0 Å². The number of rotatable bonds is 4. The molecule has 1 aliphatic rings. The fourth-order valence-corrected chi connectivity index (χ4v) is 1.80. The third kappa shape index (κ3) is 3.28. The molecule has 1 aromatic rings. The van der Waals surface area contributed by atoms with E-state index >= 15 is 0 Å². The quantitative estimate of drug-likeness (QED) is 0.795. The molecular weight excluding hydrogens is 218 g/mol. The number of ether oxygens (including phenoxy) is 2. The zero-order valence-corrected chi connectivity index (χ0v) is 9.72. The first-order chi connectivity index (χ1) is 8.29. The van der Waals surface area contributed by atoms with E-state index in [2.05, 4.69) is 0 Å². The molecule has 1 unspecified atom stereocenters. The van der Waals surface area contributed by atoms with E-state index in [1.807, 2.05) is 12.1 Å². The summed E-state index contributed by atoms with van der Waals surface area (Å²) in [5.41, 5.74) is 7.18. The molecule has 2 N–H and O–H groups in total. The molecule has 4 nitrogen and oxygen atoms in total. The van der Waals surface area contributed by atoms with Crippen LogP contribution in [0.5, 0.6) is 0 Å². The number of carbonyl (C=O) groups is 1. The van der Waals surface area contributed by atoms with Gasteiger partial charge in [0.15, 0.2) is 0 Å². The largest absolute Gasteiger partial charge is 0.456 e. The molecule has 1 fully saturated rings. The number of nitrogens with two attached hydrogens (primary N) is 1. The second-order valence-corrected chi connectivity index (χ2v) is 4.13. The third-order valence-electron chi connectivity index (χ3n) is 2.78. The monoisotopic (exact) mass is 235 g/mol. The van der Waals surface area contributed by atoms with Crippen LogP contribution >= 0.6 is 0 Å². The first-order valence-corrected chi connectivity index (χ1v) is 5.87. The standard InChI is InChI=1S/C13H17NO3/c14-7-5-10-1-3-11(4-2-10)13(15)17-12-6-8-16-9-12/h1-4,12H,5-9,14H2. The van der Waals surface area contributed by atoms with Crippen LogP contribution in [-0.2, 0) is 15.9 Å². The molecule has 0 amide bonds. The number of benzene rings is 1. The highest BCUT2D eigenvalue weighted by Gasteiger charge is 2.20. The zero-order valence-electron chi connectivity index (χ0n) is 9.72. The number of hydrogen-bond acceptors (Lipinski definition) is 4. The van der Waals surface area contributed by atoms with E-state index in [1.165, 1.54) is 0 Å². The van der Waals surface area contributed by atoms with Crippen LogP contribution in [0.1, 0.15) is 22.3 Å². The summed E-state index contributed by atoms with van der Waals surface area (Å²) in [6.07, 6.45) is 1.52. The summed E-state index contributed by atoms with van der Waals surface area (Å²) in [4.78, 5) is 11.8. The Morgan fingerprint density at radius 1 is 1.41 bits per heavy atom. The molecule has 0 saturated carbocycles. The first kappa shape index (κ1) is 12.1.